The van der Waals surface area contributed by atoms with Crippen LogP contribution in [0.4, 0.5) is 0 Å². The maximum Gasteiger partial charge on any atom is 0.312 e. The summed E-state index contributed by atoms with van der Waals surface area (Å²) in [7, 11) is 0. The molecule has 4 aliphatic rings. The molecule has 0 heterocycles. The molecule has 0 spiro atoms. The first kappa shape index (κ1) is 15.8. The van der Waals surface area contributed by atoms with Gasteiger partial charge in [0.15, 0.2) is 0 Å². The number of aliphatic carboxylic acids is 1. The Kier molecular flexibility index (Phi) is 3.57. The minimum Gasteiger partial charge on any atom is -0.481 e. The summed E-state index contributed by atoms with van der Waals surface area (Å²) in [6.45, 7) is 6.11. The van der Waals surface area contributed by atoms with E-state index in [0.717, 1.165) is 38.5 Å². The van der Waals surface area contributed by atoms with Gasteiger partial charge in [-0.25, -0.2) is 0 Å². The largest absolute Gasteiger partial charge is 0.481 e. The third-order valence-corrected chi connectivity index (χ3v) is 6.77. The molecule has 4 saturated carbocycles. The highest BCUT2D eigenvalue weighted by molar-refractivity contribution is 5.79. The van der Waals surface area contributed by atoms with Crippen molar-refractivity contribution in [3.8, 4) is 0 Å². The van der Waals surface area contributed by atoms with Gasteiger partial charge in [0, 0.05) is 12.3 Å². The molecule has 4 fully saturated rings. The van der Waals surface area contributed by atoms with Crippen LogP contribution in [0, 0.1) is 22.7 Å². The Hall–Kier alpha value is -1.06. The first-order valence-electron chi connectivity index (χ1n) is 8.76. The van der Waals surface area contributed by atoms with E-state index in [1.54, 1.807) is 0 Å². The number of carbonyl (C=O) groups is 2. The van der Waals surface area contributed by atoms with Gasteiger partial charge in [0.1, 0.15) is 5.60 Å². The van der Waals surface area contributed by atoms with Gasteiger partial charge < -0.3 is 9.84 Å². The zero-order valence-electron chi connectivity index (χ0n) is 14.0. The van der Waals surface area contributed by atoms with Gasteiger partial charge in [-0.1, -0.05) is 20.3 Å². The zero-order chi connectivity index (χ0) is 16.2. The van der Waals surface area contributed by atoms with Crippen LogP contribution in [0.2, 0.25) is 0 Å². The van der Waals surface area contributed by atoms with Crippen molar-refractivity contribution in [2.75, 3.05) is 0 Å². The molecule has 0 saturated heterocycles. The lowest BCUT2D eigenvalue weighted by atomic mass is 9.69. The number of ether oxygens (including phenoxy) is 1. The fraction of sp³-hybridized carbons (Fsp3) is 0.889. The molecule has 0 aromatic rings. The number of rotatable bonds is 6. The molecule has 4 bridgehead atoms. The van der Waals surface area contributed by atoms with E-state index in [9.17, 15) is 14.7 Å². The molecule has 4 nitrogen and oxygen atoms in total. The van der Waals surface area contributed by atoms with E-state index >= 15 is 0 Å². The summed E-state index contributed by atoms with van der Waals surface area (Å²) in [4.78, 5) is 24.5. The number of hydrogen-bond donors (Lipinski definition) is 1. The zero-order valence-corrected chi connectivity index (χ0v) is 14.0. The second-order valence-electron chi connectivity index (χ2n) is 8.29. The van der Waals surface area contributed by atoms with Gasteiger partial charge in [-0.3, -0.25) is 9.59 Å². The van der Waals surface area contributed by atoms with Crippen molar-refractivity contribution in [2.24, 2.45) is 22.7 Å². The molecular weight excluding hydrogens is 280 g/mol. The highest BCUT2D eigenvalue weighted by atomic mass is 16.6. The molecule has 4 rings (SSSR count). The normalized spacial score (nSPS) is 41.4. The van der Waals surface area contributed by atoms with Gasteiger partial charge in [0.25, 0.3) is 0 Å². The van der Waals surface area contributed by atoms with Crippen molar-refractivity contribution in [1.82, 2.24) is 0 Å². The second-order valence-corrected chi connectivity index (χ2v) is 8.29. The molecule has 4 aliphatic carbocycles. The predicted molar refractivity (Wildman–Crippen MR) is 82.3 cm³/mol. The van der Waals surface area contributed by atoms with E-state index in [2.05, 4.69) is 6.92 Å². The maximum atomic E-state index is 12.8. The van der Waals surface area contributed by atoms with Crippen molar-refractivity contribution >= 4 is 11.9 Å². The first-order chi connectivity index (χ1) is 10.3. The third kappa shape index (κ3) is 2.10. The van der Waals surface area contributed by atoms with Gasteiger partial charge >= 0.3 is 11.9 Å². The monoisotopic (exact) mass is 308 g/mol. The molecule has 124 valence electrons. The fourth-order valence-corrected chi connectivity index (χ4v) is 5.52. The summed E-state index contributed by atoms with van der Waals surface area (Å²) in [6, 6.07) is 0. The minimum absolute atomic E-state index is 0.106. The second kappa shape index (κ2) is 4.97. The van der Waals surface area contributed by atoms with E-state index in [4.69, 9.17) is 4.74 Å². The van der Waals surface area contributed by atoms with Crippen LogP contribution in [0.15, 0.2) is 0 Å². The Morgan fingerprint density at radius 3 is 2.59 bits per heavy atom. The van der Waals surface area contributed by atoms with E-state index in [0.29, 0.717) is 18.8 Å². The third-order valence-electron chi connectivity index (χ3n) is 6.77. The van der Waals surface area contributed by atoms with Crippen LogP contribution in [-0.2, 0) is 14.3 Å². The topological polar surface area (TPSA) is 63.6 Å². The van der Waals surface area contributed by atoms with Crippen molar-refractivity contribution < 1.29 is 19.4 Å². The van der Waals surface area contributed by atoms with Crippen LogP contribution in [0.3, 0.4) is 0 Å². The molecule has 1 N–H and O–H groups in total. The van der Waals surface area contributed by atoms with E-state index in [1.165, 1.54) is 0 Å². The molecule has 22 heavy (non-hydrogen) atoms. The van der Waals surface area contributed by atoms with Crippen LogP contribution in [-0.4, -0.2) is 22.6 Å². The van der Waals surface area contributed by atoms with Crippen molar-refractivity contribution in [3.05, 3.63) is 0 Å². The van der Waals surface area contributed by atoms with Gasteiger partial charge in [0.05, 0.1) is 10.8 Å². The lowest BCUT2D eigenvalue weighted by molar-refractivity contribution is -0.179. The van der Waals surface area contributed by atoms with Crippen molar-refractivity contribution in [1.29, 1.82) is 0 Å². The Labute approximate surface area is 132 Å². The maximum absolute atomic E-state index is 12.8. The van der Waals surface area contributed by atoms with Gasteiger partial charge in [0.2, 0.25) is 0 Å². The number of carbonyl (C=O) groups excluding carboxylic acids is 1. The first-order valence-corrected chi connectivity index (χ1v) is 8.76. The molecule has 5 unspecified atom stereocenters. The summed E-state index contributed by atoms with van der Waals surface area (Å²) < 4.78 is 6.11. The van der Waals surface area contributed by atoms with Gasteiger partial charge in [-0.15, -0.1) is 0 Å². The quantitative estimate of drug-likeness (QED) is 0.758. The molecule has 0 aliphatic heterocycles. The van der Waals surface area contributed by atoms with E-state index < -0.39 is 22.4 Å². The molecule has 4 heteroatoms. The lowest BCUT2D eigenvalue weighted by Gasteiger charge is -2.39. The van der Waals surface area contributed by atoms with Crippen LogP contribution in [0.5, 0.6) is 0 Å². The van der Waals surface area contributed by atoms with Gasteiger partial charge in [-0.05, 0) is 51.4 Å². The summed E-state index contributed by atoms with van der Waals surface area (Å²) >= 11 is 0. The number of carboxylic acid groups (broad SMARTS) is 1. The van der Waals surface area contributed by atoms with Crippen molar-refractivity contribution in [2.45, 2.75) is 77.7 Å². The Balaban J connectivity index is 1.81. The van der Waals surface area contributed by atoms with Crippen LogP contribution in [0.1, 0.15) is 72.1 Å². The summed E-state index contributed by atoms with van der Waals surface area (Å²) in [6.07, 6.45) is 6.49. The number of hydrogen-bond acceptors (Lipinski definition) is 3. The SMILES string of the molecule is CCCC(C)(CC)C(=O)OC12CC3CC1CC(C(=O)O)(C3)C2. The minimum atomic E-state index is -0.688. The molecule has 0 amide bonds. The predicted octanol–water partition coefficient (Wildman–Crippen LogP) is 3.78. The van der Waals surface area contributed by atoms with Crippen LogP contribution < -0.4 is 0 Å². The summed E-state index contributed by atoms with van der Waals surface area (Å²) in [5.41, 5.74) is -1.54. The molecule has 0 aromatic carbocycles. The Bertz CT molecular complexity index is 501. The van der Waals surface area contributed by atoms with Crippen LogP contribution >= 0.6 is 0 Å². The van der Waals surface area contributed by atoms with E-state index in [-0.39, 0.29) is 11.9 Å². The highest BCUT2D eigenvalue weighted by Crippen LogP contribution is 2.67. The molecule has 0 aromatic heterocycles. The molecule has 5 atom stereocenters. The van der Waals surface area contributed by atoms with Gasteiger partial charge in [-0.2, -0.15) is 0 Å². The smallest absolute Gasteiger partial charge is 0.312 e. The summed E-state index contributed by atoms with van der Waals surface area (Å²) in [5.74, 6) is -0.110. The average Bonchev–Trinajstić information content (AvgIpc) is 2.82. The molecule has 0 radical (unpaired) electrons. The van der Waals surface area contributed by atoms with E-state index in [1.807, 2.05) is 13.8 Å². The highest BCUT2D eigenvalue weighted by Gasteiger charge is 2.69. The summed E-state index contributed by atoms with van der Waals surface area (Å²) in [5, 5.41) is 9.65. The number of carboxylic acids is 1. The number of esters is 1. The fourth-order valence-electron chi connectivity index (χ4n) is 5.52. The standard InChI is InChI=1S/C18H28O4/c1-4-6-16(3,5-2)15(21)22-18-9-12-7-13(18)10-17(8-12,11-18)14(19)20/h12-13H,4-11H2,1-3H3,(H,19,20). The lowest BCUT2D eigenvalue weighted by Crippen LogP contribution is -2.44. The van der Waals surface area contributed by atoms with Crippen LogP contribution in [0.25, 0.3) is 0 Å². The Morgan fingerprint density at radius 2 is 2.00 bits per heavy atom. The Morgan fingerprint density at radius 1 is 1.27 bits per heavy atom. The molecular formula is C18H28O4. The average molecular weight is 308 g/mol. The van der Waals surface area contributed by atoms with Crippen molar-refractivity contribution in [3.63, 3.8) is 0 Å².